The molecule has 128 valence electrons. The van der Waals surface area contributed by atoms with Gasteiger partial charge in [-0.15, -0.1) is 0 Å². The summed E-state index contributed by atoms with van der Waals surface area (Å²) in [6, 6.07) is 12.7. The third-order valence-corrected chi connectivity index (χ3v) is 3.61. The number of nitrogens with zero attached hydrogens (tertiary/aromatic N) is 1. The van der Waals surface area contributed by atoms with Crippen molar-refractivity contribution in [1.82, 2.24) is 0 Å². The monoisotopic (exact) mass is 348 g/mol. The van der Waals surface area contributed by atoms with Crippen molar-refractivity contribution in [2.45, 2.75) is 6.42 Å². The third kappa shape index (κ3) is 4.80. The zero-order valence-electron chi connectivity index (χ0n) is 14.0. The summed E-state index contributed by atoms with van der Waals surface area (Å²) in [5.74, 6) is 1.11. The average molecular weight is 349 g/mol. The van der Waals surface area contributed by atoms with Crippen molar-refractivity contribution < 1.29 is 14.3 Å². The first-order chi connectivity index (χ1) is 11.5. The van der Waals surface area contributed by atoms with Crippen LogP contribution < -0.4 is 19.7 Å². The molecule has 1 N–H and O–H groups in total. The van der Waals surface area contributed by atoms with Crippen LogP contribution in [0.3, 0.4) is 0 Å². The summed E-state index contributed by atoms with van der Waals surface area (Å²) in [7, 11) is 5.39. The molecular weight excluding hydrogens is 328 g/mol. The molecular formula is C18H21ClN2O3. The summed E-state index contributed by atoms with van der Waals surface area (Å²) in [5, 5.41) is 3.44. The molecule has 0 saturated carbocycles. The predicted octanol–water partition coefficient (Wildman–Crippen LogP) is 3.82. The molecule has 0 spiro atoms. The second kappa shape index (κ2) is 8.45. The van der Waals surface area contributed by atoms with Gasteiger partial charge in [-0.3, -0.25) is 4.79 Å². The maximum absolute atomic E-state index is 12.2. The lowest BCUT2D eigenvalue weighted by molar-refractivity contribution is -0.116. The first kappa shape index (κ1) is 17.9. The van der Waals surface area contributed by atoms with Crippen LogP contribution in [0, 0.1) is 0 Å². The van der Waals surface area contributed by atoms with Crippen molar-refractivity contribution in [3.8, 4) is 11.5 Å². The number of halogens is 1. The lowest BCUT2D eigenvalue weighted by Gasteiger charge is -2.18. The molecule has 2 aromatic rings. The number of ether oxygens (including phenoxy) is 2. The molecule has 2 rings (SSSR count). The van der Waals surface area contributed by atoms with E-state index in [0.717, 1.165) is 5.69 Å². The number of carbonyl (C=O) groups excluding carboxylic acids is 1. The van der Waals surface area contributed by atoms with E-state index < -0.39 is 0 Å². The van der Waals surface area contributed by atoms with E-state index in [0.29, 0.717) is 22.2 Å². The van der Waals surface area contributed by atoms with Crippen molar-refractivity contribution >= 4 is 28.9 Å². The highest BCUT2D eigenvalue weighted by Crippen LogP contribution is 2.28. The summed E-state index contributed by atoms with van der Waals surface area (Å²) in [6.07, 6.45) is 0.220. The Hall–Kier alpha value is -2.40. The molecule has 0 heterocycles. The number of anilines is 2. The molecule has 24 heavy (non-hydrogen) atoms. The molecule has 1 amide bonds. The van der Waals surface area contributed by atoms with Crippen LogP contribution in [0.5, 0.6) is 11.5 Å². The molecule has 6 heteroatoms. The molecule has 0 saturated heterocycles. The Kier molecular flexibility index (Phi) is 6.32. The SMILES string of the molecule is COc1ccccc1OCCC(=O)Nc1cc(Cl)ccc1N(C)C. The average Bonchev–Trinajstić information content (AvgIpc) is 2.55. The van der Waals surface area contributed by atoms with Crippen molar-refractivity contribution in [2.24, 2.45) is 0 Å². The maximum atomic E-state index is 12.2. The summed E-state index contributed by atoms with van der Waals surface area (Å²) in [4.78, 5) is 14.1. The number of nitrogens with one attached hydrogen (secondary N) is 1. The van der Waals surface area contributed by atoms with Gasteiger partial charge in [0, 0.05) is 19.1 Å². The number of para-hydroxylation sites is 2. The van der Waals surface area contributed by atoms with Crippen molar-refractivity contribution in [2.75, 3.05) is 38.0 Å². The molecule has 0 unspecified atom stereocenters. The van der Waals surface area contributed by atoms with Crippen LogP contribution in [-0.4, -0.2) is 33.7 Å². The van der Waals surface area contributed by atoms with E-state index in [-0.39, 0.29) is 18.9 Å². The van der Waals surface area contributed by atoms with Crippen LogP contribution >= 0.6 is 11.6 Å². The quantitative estimate of drug-likeness (QED) is 0.826. The normalized spacial score (nSPS) is 10.2. The van der Waals surface area contributed by atoms with Gasteiger partial charge >= 0.3 is 0 Å². The van der Waals surface area contributed by atoms with Crippen LogP contribution in [0.2, 0.25) is 5.02 Å². The summed E-state index contributed by atoms with van der Waals surface area (Å²) in [5.41, 5.74) is 1.56. The van der Waals surface area contributed by atoms with Gasteiger partial charge in [0.25, 0.3) is 0 Å². The van der Waals surface area contributed by atoms with Crippen molar-refractivity contribution in [3.63, 3.8) is 0 Å². The summed E-state index contributed by atoms with van der Waals surface area (Å²) in [6.45, 7) is 0.254. The van der Waals surface area contributed by atoms with E-state index in [1.165, 1.54) is 0 Å². The van der Waals surface area contributed by atoms with E-state index in [1.54, 1.807) is 25.3 Å². The largest absolute Gasteiger partial charge is 0.493 e. The molecule has 2 aromatic carbocycles. The molecule has 0 bridgehead atoms. The second-order valence-electron chi connectivity index (χ2n) is 5.35. The van der Waals surface area contributed by atoms with Gasteiger partial charge in [0.05, 0.1) is 31.5 Å². The van der Waals surface area contributed by atoms with Gasteiger partial charge in [0.15, 0.2) is 11.5 Å². The molecule has 0 atom stereocenters. The Balaban J connectivity index is 1.93. The van der Waals surface area contributed by atoms with E-state index >= 15 is 0 Å². The first-order valence-electron chi connectivity index (χ1n) is 7.54. The van der Waals surface area contributed by atoms with Crippen LogP contribution in [0.15, 0.2) is 42.5 Å². The Morgan fingerprint density at radius 2 is 1.88 bits per heavy atom. The van der Waals surface area contributed by atoms with Gasteiger partial charge in [-0.25, -0.2) is 0 Å². The fourth-order valence-electron chi connectivity index (χ4n) is 2.20. The Morgan fingerprint density at radius 1 is 1.17 bits per heavy atom. The smallest absolute Gasteiger partial charge is 0.227 e. The standard InChI is InChI=1S/C18H21ClN2O3/c1-21(2)15-9-8-13(19)12-14(15)20-18(22)10-11-24-17-7-5-4-6-16(17)23-3/h4-9,12H,10-11H2,1-3H3,(H,20,22). The minimum atomic E-state index is -0.143. The summed E-state index contributed by atoms with van der Waals surface area (Å²) >= 11 is 6.01. The molecule has 0 aromatic heterocycles. The number of hydrogen-bond donors (Lipinski definition) is 1. The Morgan fingerprint density at radius 3 is 2.54 bits per heavy atom. The lowest BCUT2D eigenvalue weighted by atomic mass is 10.2. The Labute approximate surface area is 147 Å². The van der Waals surface area contributed by atoms with Gasteiger partial charge in [0.1, 0.15) is 0 Å². The molecule has 5 nitrogen and oxygen atoms in total. The van der Waals surface area contributed by atoms with Crippen molar-refractivity contribution in [3.05, 3.63) is 47.5 Å². The van der Waals surface area contributed by atoms with Gasteiger partial charge in [0.2, 0.25) is 5.91 Å². The third-order valence-electron chi connectivity index (χ3n) is 3.37. The highest BCUT2D eigenvalue weighted by molar-refractivity contribution is 6.31. The number of benzene rings is 2. The summed E-state index contributed by atoms with van der Waals surface area (Å²) < 4.78 is 10.8. The van der Waals surface area contributed by atoms with E-state index in [2.05, 4.69) is 5.32 Å². The maximum Gasteiger partial charge on any atom is 0.227 e. The number of hydrogen-bond acceptors (Lipinski definition) is 4. The van der Waals surface area contributed by atoms with Gasteiger partial charge in [-0.1, -0.05) is 23.7 Å². The molecule has 0 fully saturated rings. The zero-order chi connectivity index (χ0) is 17.5. The first-order valence-corrected chi connectivity index (χ1v) is 7.91. The van der Waals surface area contributed by atoms with E-state index in [1.807, 2.05) is 43.3 Å². The number of rotatable bonds is 7. The molecule has 0 aliphatic rings. The van der Waals surface area contributed by atoms with E-state index in [4.69, 9.17) is 21.1 Å². The van der Waals surface area contributed by atoms with Crippen molar-refractivity contribution in [1.29, 1.82) is 0 Å². The fraction of sp³-hybridized carbons (Fsp3) is 0.278. The van der Waals surface area contributed by atoms with Crippen LogP contribution in [-0.2, 0) is 4.79 Å². The lowest BCUT2D eigenvalue weighted by Crippen LogP contribution is -2.18. The number of amides is 1. The molecule has 0 aliphatic carbocycles. The topological polar surface area (TPSA) is 50.8 Å². The fourth-order valence-corrected chi connectivity index (χ4v) is 2.37. The van der Waals surface area contributed by atoms with Crippen LogP contribution in [0.25, 0.3) is 0 Å². The minimum Gasteiger partial charge on any atom is -0.493 e. The Bertz CT molecular complexity index is 704. The van der Waals surface area contributed by atoms with Crippen LogP contribution in [0.4, 0.5) is 11.4 Å². The number of carbonyl (C=O) groups is 1. The van der Waals surface area contributed by atoms with Gasteiger partial charge in [-0.2, -0.15) is 0 Å². The van der Waals surface area contributed by atoms with Crippen LogP contribution in [0.1, 0.15) is 6.42 Å². The van der Waals surface area contributed by atoms with E-state index in [9.17, 15) is 4.79 Å². The van der Waals surface area contributed by atoms with Gasteiger partial charge < -0.3 is 19.7 Å². The molecule has 0 radical (unpaired) electrons. The molecule has 0 aliphatic heterocycles. The predicted molar refractivity (Wildman–Crippen MR) is 97.5 cm³/mol. The highest BCUT2D eigenvalue weighted by atomic mass is 35.5. The second-order valence-corrected chi connectivity index (χ2v) is 5.79. The van der Waals surface area contributed by atoms with Gasteiger partial charge in [-0.05, 0) is 30.3 Å². The highest BCUT2D eigenvalue weighted by Gasteiger charge is 2.10. The minimum absolute atomic E-state index is 0.143. The zero-order valence-corrected chi connectivity index (χ0v) is 14.8. The number of methoxy groups -OCH3 is 1.